The SMILES string of the molecule is CCONC(=O)CCc1ccc(OC)c(OC)c1OC. The van der Waals surface area contributed by atoms with Gasteiger partial charge in [0.1, 0.15) is 0 Å². The first-order chi connectivity index (χ1) is 9.67. The lowest BCUT2D eigenvalue weighted by Gasteiger charge is -2.15. The maximum Gasteiger partial charge on any atom is 0.243 e. The number of carbonyl (C=O) groups excluding carboxylic acids is 1. The molecule has 0 aromatic heterocycles. The van der Waals surface area contributed by atoms with Crippen molar-refractivity contribution in [3.8, 4) is 17.2 Å². The Balaban J connectivity index is 2.82. The van der Waals surface area contributed by atoms with E-state index in [0.29, 0.717) is 36.7 Å². The molecule has 0 aliphatic heterocycles. The van der Waals surface area contributed by atoms with Crippen LogP contribution in [-0.2, 0) is 16.1 Å². The Kier molecular flexibility index (Phi) is 6.66. The molecule has 0 heterocycles. The van der Waals surface area contributed by atoms with Crippen LogP contribution < -0.4 is 19.7 Å². The molecule has 1 aromatic carbocycles. The highest BCUT2D eigenvalue weighted by Crippen LogP contribution is 2.40. The lowest BCUT2D eigenvalue weighted by Crippen LogP contribution is -2.23. The van der Waals surface area contributed by atoms with Gasteiger partial charge in [0.15, 0.2) is 11.5 Å². The molecule has 20 heavy (non-hydrogen) atoms. The van der Waals surface area contributed by atoms with Crippen LogP contribution in [0.3, 0.4) is 0 Å². The molecule has 0 aliphatic rings. The Morgan fingerprint density at radius 1 is 1.10 bits per heavy atom. The summed E-state index contributed by atoms with van der Waals surface area (Å²) in [6, 6.07) is 3.64. The molecular formula is C14H21NO5. The topological polar surface area (TPSA) is 66.0 Å². The summed E-state index contributed by atoms with van der Waals surface area (Å²) in [5, 5.41) is 0. The van der Waals surface area contributed by atoms with Crippen LogP contribution in [0.4, 0.5) is 0 Å². The number of hydrogen-bond donors (Lipinski definition) is 1. The largest absolute Gasteiger partial charge is 0.493 e. The molecule has 0 saturated carbocycles. The average molecular weight is 283 g/mol. The summed E-state index contributed by atoms with van der Waals surface area (Å²) in [4.78, 5) is 16.4. The van der Waals surface area contributed by atoms with Crippen LogP contribution in [0, 0.1) is 0 Å². The summed E-state index contributed by atoms with van der Waals surface area (Å²) >= 11 is 0. The van der Waals surface area contributed by atoms with E-state index in [9.17, 15) is 4.79 Å². The molecule has 112 valence electrons. The van der Waals surface area contributed by atoms with E-state index in [1.54, 1.807) is 34.3 Å². The van der Waals surface area contributed by atoms with Gasteiger partial charge < -0.3 is 14.2 Å². The highest BCUT2D eigenvalue weighted by atomic mass is 16.6. The first-order valence-electron chi connectivity index (χ1n) is 6.36. The van der Waals surface area contributed by atoms with E-state index in [0.717, 1.165) is 5.56 Å². The summed E-state index contributed by atoms with van der Waals surface area (Å²) in [6.45, 7) is 2.24. The normalized spacial score (nSPS) is 10.0. The Bertz CT molecular complexity index is 447. The fraction of sp³-hybridized carbons (Fsp3) is 0.500. The monoisotopic (exact) mass is 283 g/mol. The molecule has 0 saturated heterocycles. The van der Waals surface area contributed by atoms with Gasteiger partial charge in [-0.1, -0.05) is 6.07 Å². The first-order valence-corrected chi connectivity index (χ1v) is 6.36. The van der Waals surface area contributed by atoms with E-state index in [-0.39, 0.29) is 5.91 Å². The number of ether oxygens (including phenoxy) is 3. The van der Waals surface area contributed by atoms with E-state index in [1.807, 2.05) is 6.07 Å². The number of benzene rings is 1. The van der Waals surface area contributed by atoms with Gasteiger partial charge in [-0.15, -0.1) is 0 Å². The lowest BCUT2D eigenvalue weighted by atomic mass is 10.1. The zero-order valence-corrected chi connectivity index (χ0v) is 12.3. The van der Waals surface area contributed by atoms with Crippen LogP contribution in [0.2, 0.25) is 0 Å². The minimum absolute atomic E-state index is 0.177. The van der Waals surface area contributed by atoms with Gasteiger partial charge in [-0.05, 0) is 25.0 Å². The molecule has 0 unspecified atom stereocenters. The summed E-state index contributed by atoms with van der Waals surface area (Å²) in [6.07, 6.45) is 0.814. The predicted octanol–water partition coefficient (Wildman–Crippen LogP) is 1.71. The number of nitrogens with one attached hydrogen (secondary N) is 1. The van der Waals surface area contributed by atoms with Gasteiger partial charge in [0, 0.05) is 6.42 Å². The third-order valence-electron chi connectivity index (χ3n) is 2.74. The van der Waals surface area contributed by atoms with Crippen LogP contribution in [0.5, 0.6) is 17.2 Å². The lowest BCUT2D eigenvalue weighted by molar-refractivity contribution is -0.133. The summed E-state index contributed by atoms with van der Waals surface area (Å²) in [7, 11) is 4.67. The summed E-state index contributed by atoms with van der Waals surface area (Å²) in [5.74, 6) is 1.52. The van der Waals surface area contributed by atoms with Crippen LogP contribution in [0.25, 0.3) is 0 Å². The van der Waals surface area contributed by atoms with Crippen molar-refractivity contribution < 1.29 is 23.8 Å². The van der Waals surface area contributed by atoms with Gasteiger partial charge in [0.2, 0.25) is 11.7 Å². The standard InChI is InChI=1S/C14H21NO5/c1-5-20-15-12(16)9-7-10-6-8-11(17-2)14(19-4)13(10)18-3/h6,8H,5,7,9H2,1-4H3,(H,15,16). The van der Waals surface area contributed by atoms with E-state index in [1.165, 1.54) is 0 Å². The molecule has 0 fully saturated rings. The molecule has 0 bridgehead atoms. The van der Waals surface area contributed by atoms with E-state index in [4.69, 9.17) is 19.0 Å². The maximum absolute atomic E-state index is 11.5. The number of rotatable bonds is 8. The minimum atomic E-state index is -0.177. The van der Waals surface area contributed by atoms with Crippen molar-refractivity contribution in [3.63, 3.8) is 0 Å². The smallest absolute Gasteiger partial charge is 0.243 e. The third kappa shape index (κ3) is 4.03. The van der Waals surface area contributed by atoms with Crippen molar-refractivity contribution in [1.82, 2.24) is 5.48 Å². The molecule has 1 aromatic rings. The average Bonchev–Trinajstić information content (AvgIpc) is 2.49. The Hall–Kier alpha value is -1.95. The van der Waals surface area contributed by atoms with Gasteiger partial charge in [-0.3, -0.25) is 9.63 Å². The maximum atomic E-state index is 11.5. The van der Waals surface area contributed by atoms with Crippen molar-refractivity contribution in [2.24, 2.45) is 0 Å². The van der Waals surface area contributed by atoms with Crippen LogP contribution in [0.1, 0.15) is 18.9 Å². The van der Waals surface area contributed by atoms with Gasteiger partial charge in [0.25, 0.3) is 0 Å². The fourth-order valence-electron chi connectivity index (χ4n) is 1.81. The molecule has 1 amide bonds. The van der Waals surface area contributed by atoms with E-state index >= 15 is 0 Å². The van der Waals surface area contributed by atoms with Gasteiger partial charge in [-0.25, -0.2) is 5.48 Å². The number of carbonyl (C=O) groups is 1. The second kappa shape index (κ2) is 8.27. The van der Waals surface area contributed by atoms with E-state index in [2.05, 4.69) is 5.48 Å². The molecule has 0 radical (unpaired) electrons. The number of hydroxylamine groups is 1. The van der Waals surface area contributed by atoms with Crippen molar-refractivity contribution in [3.05, 3.63) is 17.7 Å². The zero-order valence-electron chi connectivity index (χ0n) is 12.3. The molecule has 1 N–H and O–H groups in total. The fourth-order valence-corrected chi connectivity index (χ4v) is 1.81. The van der Waals surface area contributed by atoms with Crippen LogP contribution in [-0.4, -0.2) is 33.8 Å². The predicted molar refractivity (Wildman–Crippen MR) is 74.2 cm³/mol. The van der Waals surface area contributed by atoms with Gasteiger partial charge in [0.05, 0.1) is 27.9 Å². The quantitative estimate of drug-likeness (QED) is 0.736. The second-order valence-corrected chi connectivity index (χ2v) is 3.95. The number of hydrogen-bond acceptors (Lipinski definition) is 5. The van der Waals surface area contributed by atoms with Crippen LogP contribution in [0.15, 0.2) is 12.1 Å². The Morgan fingerprint density at radius 3 is 2.35 bits per heavy atom. The minimum Gasteiger partial charge on any atom is -0.493 e. The Labute approximate surface area is 118 Å². The van der Waals surface area contributed by atoms with Gasteiger partial charge in [-0.2, -0.15) is 0 Å². The van der Waals surface area contributed by atoms with Crippen LogP contribution >= 0.6 is 0 Å². The van der Waals surface area contributed by atoms with Gasteiger partial charge >= 0.3 is 0 Å². The van der Waals surface area contributed by atoms with Crippen molar-refractivity contribution in [1.29, 1.82) is 0 Å². The Morgan fingerprint density at radius 2 is 1.80 bits per heavy atom. The molecule has 1 rings (SSSR count). The summed E-state index contributed by atoms with van der Waals surface area (Å²) < 4.78 is 15.9. The van der Waals surface area contributed by atoms with E-state index < -0.39 is 0 Å². The van der Waals surface area contributed by atoms with Crippen molar-refractivity contribution in [2.75, 3.05) is 27.9 Å². The number of amides is 1. The molecular weight excluding hydrogens is 262 g/mol. The van der Waals surface area contributed by atoms with Crippen molar-refractivity contribution in [2.45, 2.75) is 19.8 Å². The highest BCUT2D eigenvalue weighted by Gasteiger charge is 2.16. The zero-order chi connectivity index (χ0) is 15.0. The van der Waals surface area contributed by atoms with Crippen molar-refractivity contribution >= 4 is 5.91 Å². The molecule has 0 atom stereocenters. The number of aryl methyl sites for hydroxylation is 1. The molecule has 0 spiro atoms. The summed E-state index contributed by atoms with van der Waals surface area (Å²) in [5.41, 5.74) is 3.23. The second-order valence-electron chi connectivity index (χ2n) is 3.95. The molecule has 6 nitrogen and oxygen atoms in total. The highest BCUT2D eigenvalue weighted by molar-refractivity contribution is 5.75. The first kappa shape index (κ1) is 16.1. The molecule has 0 aliphatic carbocycles. The number of methoxy groups -OCH3 is 3. The molecule has 6 heteroatoms. The third-order valence-corrected chi connectivity index (χ3v) is 2.74.